The molecule has 0 unspecified atom stereocenters. The Labute approximate surface area is 151 Å². The Morgan fingerprint density at radius 1 is 1.25 bits per heavy atom. The Hall–Kier alpha value is -1.66. The lowest BCUT2D eigenvalue weighted by Crippen LogP contribution is -2.37. The van der Waals surface area contributed by atoms with E-state index in [-0.39, 0.29) is 11.8 Å². The van der Waals surface area contributed by atoms with Crippen LogP contribution in [-0.2, 0) is 4.79 Å². The van der Waals surface area contributed by atoms with E-state index in [4.69, 9.17) is 12.2 Å². The summed E-state index contributed by atoms with van der Waals surface area (Å²) in [4.78, 5) is 28.6. The van der Waals surface area contributed by atoms with Gasteiger partial charge >= 0.3 is 0 Å². The topological polar surface area (TPSA) is 40.6 Å². The maximum Gasteiger partial charge on any atom is 0.265 e. The summed E-state index contributed by atoms with van der Waals surface area (Å²) in [5.74, 6) is 0.717. The lowest BCUT2D eigenvalue weighted by Gasteiger charge is -2.30. The van der Waals surface area contributed by atoms with E-state index >= 15 is 0 Å². The molecule has 2 aliphatic heterocycles. The fraction of sp³-hybridized carbons (Fsp3) is 0.389. The molecule has 2 heterocycles. The summed E-state index contributed by atoms with van der Waals surface area (Å²) in [6.45, 7) is 3.90. The molecule has 1 aromatic carbocycles. The number of thioether (sulfide) groups is 1. The average molecular weight is 361 g/mol. The standard InChI is InChI=1S/C18H20N2O2S2/c1-12-7-9-20(10-8-12)16(21)14-5-3-13(4-6-14)11-15-17(22)19(2)18(23)24-15/h3-6,11-12H,7-10H2,1-2H3/b15-11+. The van der Waals surface area contributed by atoms with Crippen molar-refractivity contribution in [3.63, 3.8) is 0 Å². The number of amides is 2. The van der Waals surface area contributed by atoms with Crippen LogP contribution in [0.1, 0.15) is 35.7 Å². The Morgan fingerprint density at radius 3 is 2.42 bits per heavy atom. The van der Waals surface area contributed by atoms with Gasteiger partial charge in [0.25, 0.3) is 11.8 Å². The normalized spacial score (nSPS) is 21.0. The molecule has 126 valence electrons. The summed E-state index contributed by atoms with van der Waals surface area (Å²) in [6, 6.07) is 7.42. The average Bonchev–Trinajstić information content (AvgIpc) is 2.83. The zero-order chi connectivity index (χ0) is 17.3. The number of carbonyl (C=O) groups is 2. The zero-order valence-electron chi connectivity index (χ0n) is 13.8. The van der Waals surface area contributed by atoms with Gasteiger partial charge in [-0.15, -0.1) is 0 Å². The van der Waals surface area contributed by atoms with Crippen molar-refractivity contribution < 1.29 is 9.59 Å². The predicted molar refractivity (Wildman–Crippen MR) is 102 cm³/mol. The van der Waals surface area contributed by atoms with Gasteiger partial charge in [-0.05, 0) is 42.5 Å². The number of piperidine rings is 1. The lowest BCUT2D eigenvalue weighted by molar-refractivity contribution is -0.121. The van der Waals surface area contributed by atoms with Crippen LogP contribution in [0.5, 0.6) is 0 Å². The molecule has 0 bridgehead atoms. The van der Waals surface area contributed by atoms with Gasteiger partial charge in [0, 0.05) is 25.7 Å². The molecule has 0 spiro atoms. The number of thiocarbonyl (C=S) groups is 1. The van der Waals surface area contributed by atoms with Gasteiger partial charge in [0.05, 0.1) is 4.91 Å². The third-order valence-electron chi connectivity index (χ3n) is 4.51. The predicted octanol–water partition coefficient (Wildman–Crippen LogP) is 3.39. The minimum Gasteiger partial charge on any atom is -0.339 e. The number of rotatable bonds is 2. The number of likely N-dealkylation sites (N-methyl/N-ethyl adjacent to an activating group) is 1. The van der Waals surface area contributed by atoms with E-state index in [2.05, 4.69) is 6.92 Å². The summed E-state index contributed by atoms with van der Waals surface area (Å²) in [6.07, 6.45) is 3.96. The van der Waals surface area contributed by atoms with Gasteiger partial charge in [0.2, 0.25) is 0 Å². The van der Waals surface area contributed by atoms with Gasteiger partial charge in [0.1, 0.15) is 4.32 Å². The highest BCUT2D eigenvalue weighted by Gasteiger charge is 2.28. The van der Waals surface area contributed by atoms with Crippen molar-refractivity contribution in [2.75, 3.05) is 20.1 Å². The summed E-state index contributed by atoms with van der Waals surface area (Å²) in [7, 11) is 1.68. The molecule has 24 heavy (non-hydrogen) atoms. The van der Waals surface area contributed by atoms with E-state index in [1.54, 1.807) is 7.05 Å². The van der Waals surface area contributed by atoms with Gasteiger partial charge in [-0.3, -0.25) is 14.5 Å². The summed E-state index contributed by atoms with van der Waals surface area (Å²) in [5.41, 5.74) is 1.59. The molecule has 6 heteroatoms. The van der Waals surface area contributed by atoms with Gasteiger partial charge in [0.15, 0.2) is 0 Å². The molecular weight excluding hydrogens is 340 g/mol. The number of hydrogen-bond donors (Lipinski definition) is 0. The van der Waals surface area contributed by atoms with Gasteiger partial charge in [-0.25, -0.2) is 0 Å². The van der Waals surface area contributed by atoms with E-state index in [0.717, 1.165) is 31.5 Å². The van der Waals surface area contributed by atoms with Crippen molar-refractivity contribution in [1.82, 2.24) is 9.80 Å². The van der Waals surface area contributed by atoms with Gasteiger partial charge < -0.3 is 4.90 Å². The molecule has 2 saturated heterocycles. The first kappa shape index (κ1) is 17.2. The van der Waals surface area contributed by atoms with Crippen molar-refractivity contribution in [3.05, 3.63) is 40.3 Å². The molecular formula is C18H20N2O2S2. The summed E-state index contributed by atoms with van der Waals surface area (Å²) < 4.78 is 0.567. The first-order chi connectivity index (χ1) is 11.5. The fourth-order valence-electron chi connectivity index (χ4n) is 2.81. The lowest BCUT2D eigenvalue weighted by atomic mass is 9.98. The molecule has 4 nitrogen and oxygen atoms in total. The van der Waals surface area contributed by atoms with E-state index in [9.17, 15) is 9.59 Å². The number of nitrogens with zero attached hydrogens (tertiary/aromatic N) is 2. The minimum atomic E-state index is -0.0763. The minimum absolute atomic E-state index is 0.0763. The molecule has 2 aliphatic rings. The first-order valence-corrected chi connectivity index (χ1v) is 9.29. The number of hydrogen-bond acceptors (Lipinski definition) is 4. The Morgan fingerprint density at radius 2 is 1.88 bits per heavy atom. The van der Waals surface area contributed by atoms with Crippen LogP contribution in [0.3, 0.4) is 0 Å². The van der Waals surface area contributed by atoms with E-state index in [0.29, 0.717) is 20.7 Å². The van der Waals surface area contributed by atoms with Crippen molar-refractivity contribution in [2.45, 2.75) is 19.8 Å². The third-order valence-corrected chi connectivity index (χ3v) is 6.00. The Balaban J connectivity index is 1.71. The first-order valence-electron chi connectivity index (χ1n) is 8.06. The second kappa shape index (κ2) is 7.07. The highest BCUT2D eigenvalue weighted by molar-refractivity contribution is 8.26. The number of likely N-dealkylation sites (tertiary alicyclic amines) is 1. The van der Waals surface area contributed by atoms with Crippen LogP contribution in [0.15, 0.2) is 29.2 Å². The summed E-state index contributed by atoms with van der Waals surface area (Å²) >= 11 is 6.43. The second-order valence-electron chi connectivity index (χ2n) is 6.34. The van der Waals surface area contributed by atoms with Crippen molar-refractivity contribution >= 4 is 46.2 Å². The van der Waals surface area contributed by atoms with Crippen LogP contribution in [-0.4, -0.2) is 46.1 Å². The van der Waals surface area contributed by atoms with E-state index in [1.807, 2.05) is 35.2 Å². The van der Waals surface area contributed by atoms with Gasteiger partial charge in [-0.1, -0.05) is 43.0 Å². The molecule has 2 fully saturated rings. The molecule has 0 saturated carbocycles. The smallest absolute Gasteiger partial charge is 0.265 e. The molecule has 0 aliphatic carbocycles. The molecule has 2 amide bonds. The highest BCUT2D eigenvalue weighted by Crippen LogP contribution is 2.31. The van der Waals surface area contributed by atoms with E-state index < -0.39 is 0 Å². The van der Waals surface area contributed by atoms with Crippen LogP contribution in [0.2, 0.25) is 0 Å². The van der Waals surface area contributed by atoms with Crippen molar-refractivity contribution in [3.8, 4) is 0 Å². The largest absolute Gasteiger partial charge is 0.339 e. The van der Waals surface area contributed by atoms with Crippen LogP contribution in [0, 0.1) is 5.92 Å². The number of carbonyl (C=O) groups excluding carboxylic acids is 2. The maximum absolute atomic E-state index is 12.5. The van der Waals surface area contributed by atoms with Crippen molar-refractivity contribution in [2.24, 2.45) is 5.92 Å². The SMILES string of the molecule is CC1CCN(C(=O)c2ccc(/C=C3/SC(=S)N(C)C3=O)cc2)CC1. The van der Waals surface area contributed by atoms with Crippen LogP contribution in [0.4, 0.5) is 0 Å². The molecule has 1 aromatic rings. The molecule has 0 atom stereocenters. The van der Waals surface area contributed by atoms with Crippen LogP contribution >= 0.6 is 24.0 Å². The maximum atomic E-state index is 12.5. The molecule has 0 N–H and O–H groups in total. The number of benzene rings is 1. The zero-order valence-corrected chi connectivity index (χ0v) is 15.5. The second-order valence-corrected chi connectivity index (χ2v) is 8.01. The fourth-order valence-corrected chi connectivity index (χ4v) is 3.99. The molecule has 0 aromatic heterocycles. The van der Waals surface area contributed by atoms with Gasteiger partial charge in [-0.2, -0.15) is 0 Å². The Bertz CT molecular complexity index is 704. The third kappa shape index (κ3) is 3.54. The monoisotopic (exact) mass is 360 g/mol. The van der Waals surface area contributed by atoms with Crippen LogP contribution in [0.25, 0.3) is 6.08 Å². The Kier molecular flexibility index (Phi) is 5.06. The van der Waals surface area contributed by atoms with E-state index in [1.165, 1.54) is 16.7 Å². The van der Waals surface area contributed by atoms with Crippen molar-refractivity contribution in [1.29, 1.82) is 0 Å². The molecule has 0 radical (unpaired) electrons. The quantitative estimate of drug-likeness (QED) is 0.599. The molecule has 3 rings (SSSR count). The summed E-state index contributed by atoms with van der Waals surface area (Å²) in [5, 5.41) is 0. The van der Waals surface area contributed by atoms with Crippen LogP contribution < -0.4 is 0 Å². The highest BCUT2D eigenvalue weighted by atomic mass is 32.2.